The van der Waals surface area contributed by atoms with Crippen LogP contribution in [0.4, 0.5) is 8.78 Å². The number of pyridine rings is 1. The number of hydrogen-bond donors (Lipinski definition) is 1. The summed E-state index contributed by atoms with van der Waals surface area (Å²) in [5, 5.41) is 3.04. The van der Waals surface area contributed by atoms with Gasteiger partial charge in [0, 0.05) is 18.7 Å². The van der Waals surface area contributed by atoms with Crippen molar-refractivity contribution >= 4 is 5.91 Å². The SMILES string of the molecule is Cc1ncccc1OC1CCC(NC(=O)CCc2ccc(F)c(F)c2)CC1. The van der Waals surface area contributed by atoms with E-state index in [1.165, 1.54) is 6.07 Å². The lowest BCUT2D eigenvalue weighted by molar-refractivity contribution is -0.122. The Morgan fingerprint density at radius 3 is 2.67 bits per heavy atom. The number of carbonyl (C=O) groups excluding carboxylic acids is 1. The minimum atomic E-state index is -0.880. The van der Waals surface area contributed by atoms with E-state index in [-0.39, 0.29) is 24.5 Å². The fourth-order valence-corrected chi connectivity index (χ4v) is 3.35. The summed E-state index contributed by atoms with van der Waals surface area (Å²) in [6, 6.07) is 7.67. The molecule has 27 heavy (non-hydrogen) atoms. The third kappa shape index (κ3) is 5.49. The molecule has 1 aliphatic rings. The van der Waals surface area contributed by atoms with Crippen LogP contribution in [0.3, 0.4) is 0 Å². The number of ether oxygens (including phenoxy) is 1. The standard InChI is InChI=1S/C21H24F2N2O2/c1-14-20(3-2-12-24-14)27-17-8-6-16(7-9-17)25-21(26)11-5-15-4-10-18(22)19(23)13-15/h2-4,10,12-13,16-17H,5-9,11H2,1H3,(H,25,26). The second-order valence-corrected chi connectivity index (χ2v) is 6.99. The number of nitrogens with one attached hydrogen (secondary N) is 1. The van der Waals surface area contributed by atoms with Gasteiger partial charge in [0.1, 0.15) is 5.75 Å². The number of benzene rings is 1. The van der Waals surface area contributed by atoms with Crippen LogP contribution >= 0.6 is 0 Å². The Hall–Kier alpha value is -2.50. The smallest absolute Gasteiger partial charge is 0.220 e. The quantitative estimate of drug-likeness (QED) is 0.828. The van der Waals surface area contributed by atoms with E-state index < -0.39 is 11.6 Å². The molecule has 1 saturated carbocycles. The normalized spacial score (nSPS) is 19.5. The number of amides is 1. The molecule has 1 aromatic carbocycles. The summed E-state index contributed by atoms with van der Waals surface area (Å²) in [7, 11) is 0. The number of halogens is 2. The zero-order valence-electron chi connectivity index (χ0n) is 15.4. The summed E-state index contributed by atoms with van der Waals surface area (Å²) < 4.78 is 32.2. The van der Waals surface area contributed by atoms with Gasteiger partial charge in [-0.25, -0.2) is 8.78 Å². The van der Waals surface area contributed by atoms with Crippen molar-refractivity contribution in [3.8, 4) is 5.75 Å². The van der Waals surface area contributed by atoms with Crippen LogP contribution < -0.4 is 10.1 Å². The molecule has 0 radical (unpaired) electrons. The third-order valence-corrected chi connectivity index (χ3v) is 4.92. The van der Waals surface area contributed by atoms with Gasteiger partial charge in [-0.1, -0.05) is 6.07 Å². The average molecular weight is 374 g/mol. The van der Waals surface area contributed by atoms with Gasteiger partial charge in [0.25, 0.3) is 0 Å². The van der Waals surface area contributed by atoms with Gasteiger partial charge in [0.15, 0.2) is 11.6 Å². The van der Waals surface area contributed by atoms with Crippen molar-refractivity contribution < 1.29 is 18.3 Å². The van der Waals surface area contributed by atoms with Crippen LogP contribution in [0.1, 0.15) is 43.4 Å². The van der Waals surface area contributed by atoms with Crippen LogP contribution in [0.25, 0.3) is 0 Å². The minimum Gasteiger partial charge on any atom is -0.489 e. The first-order valence-corrected chi connectivity index (χ1v) is 9.33. The predicted molar refractivity (Wildman–Crippen MR) is 98.5 cm³/mol. The van der Waals surface area contributed by atoms with Crippen LogP contribution in [0.5, 0.6) is 5.75 Å². The van der Waals surface area contributed by atoms with Crippen LogP contribution in [0.15, 0.2) is 36.5 Å². The molecule has 1 aliphatic carbocycles. The Morgan fingerprint density at radius 2 is 1.96 bits per heavy atom. The molecule has 0 unspecified atom stereocenters. The summed E-state index contributed by atoms with van der Waals surface area (Å²) >= 11 is 0. The van der Waals surface area contributed by atoms with Gasteiger partial charge in [-0.05, 0) is 68.9 Å². The molecule has 0 aliphatic heterocycles. The van der Waals surface area contributed by atoms with Gasteiger partial charge in [-0.15, -0.1) is 0 Å². The highest BCUT2D eigenvalue weighted by molar-refractivity contribution is 5.76. The molecule has 0 spiro atoms. The summed E-state index contributed by atoms with van der Waals surface area (Å²) in [5.41, 5.74) is 1.50. The number of rotatable bonds is 6. The van der Waals surface area contributed by atoms with E-state index in [1.807, 2.05) is 19.1 Å². The third-order valence-electron chi connectivity index (χ3n) is 4.92. The number of carbonyl (C=O) groups is 1. The first-order chi connectivity index (χ1) is 13.0. The Kier molecular flexibility index (Phi) is 6.37. The summed E-state index contributed by atoms with van der Waals surface area (Å²) in [6.07, 6.45) is 6.02. The van der Waals surface area contributed by atoms with Crippen LogP contribution in [-0.2, 0) is 11.2 Å². The van der Waals surface area contributed by atoms with Crippen LogP contribution in [0, 0.1) is 18.6 Å². The highest BCUT2D eigenvalue weighted by Gasteiger charge is 2.24. The van der Waals surface area contributed by atoms with Crippen molar-refractivity contribution in [1.29, 1.82) is 0 Å². The van der Waals surface area contributed by atoms with Gasteiger partial charge in [-0.2, -0.15) is 0 Å². The van der Waals surface area contributed by atoms with Crippen molar-refractivity contribution in [2.75, 3.05) is 0 Å². The maximum atomic E-state index is 13.2. The summed E-state index contributed by atoms with van der Waals surface area (Å²) in [6.45, 7) is 1.92. The van der Waals surface area contributed by atoms with Gasteiger partial charge >= 0.3 is 0 Å². The van der Waals surface area contributed by atoms with Gasteiger partial charge in [-0.3, -0.25) is 9.78 Å². The molecule has 0 saturated heterocycles. The predicted octanol–water partition coefficient (Wildman–Crippen LogP) is 4.11. The lowest BCUT2D eigenvalue weighted by Gasteiger charge is -2.29. The van der Waals surface area contributed by atoms with Crippen molar-refractivity contribution in [1.82, 2.24) is 10.3 Å². The van der Waals surface area contributed by atoms with E-state index >= 15 is 0 Å². The first kappa shape index (κ1) is 19.3. The molecule has 1 amide bonds. The Morgan fingerprint density at radius 1 is 1.19 bits per heavy atom. The molecule has 6 heteroatoms. The zero-order chi connectivity index (χ0) is 19.2. The fraction of sp³-hybridized carbons (Fsp3) is 0.429. The second kappa shape index (κ2) is 8.93. The Bertz CT molecular complexity index is 790. The van der Waals surface area contributed by atoms with E-state index in [9.17, 15) is 13.6 Å². The van der Waals surface area contributed by atoms with Crippen molar-refractivity contribution in [3.63, 3.8) is 0 Å². The van der Waals surface area contributed by atoms with E-state index in [1.54, 1.807) is 6.20 Å². The molecule has 1 fully saturated rings. The monoisotopic (exact) mass is 374 g/mol. The molecule has 144 valence electrons. The molecule has 1 aromatic heterocycles. The maximum Gasteiger partial charge on any atom is 0.220 e. The molecule has 4 nitrogen and oxygen atoms in total. The molecule has 0 bridgehead atoms. The molecule has 0 atom stereocenters. The summed E-state index contributed by atoms with van der Waals surface area (Å²) in [5.74, 6) is -0.998. The largest absolute Gasteiger partial charge is 0.489 e. The van der Waals surface area contributed by atoms with Crippen LogP contribution in [0.2, 0.25) is 0 Å². The second-order valence-electron chi connectivity index (χ2n) is 6.99. The van der Waals surface area contributed by atoms with Gasteiger partial charge < -0.3 is 10.1 Å². The lowest BCUT2D eigenvalue weighted by Crippen LogP contribution is -2.39. The number of aromatic nitrogens is 1. The van der Waals surface area contributed by atoms with E-state index in [0.717, 1.165) is 49.3 Å². The van der Waals surface area contributed by atoms with E-state index in [4.69, 9.17) is 4.74 Å². The molecular formula is C21H24F2N2O2. The highest BCUT2D eigenvalue weighted by atomic mass is 19.2. The van der Waals surface area contributed by atoms with Crippen LogP contribution in [-0.4, -0.2) is 23.0 Å². The number of nitrogens with zero attached hydrogens (tertiary/aromatic N) is 1. The molecule has 1 heterocycles. The first-order valence-electron chi connectivity index (χ1n) is 9.33. The van der Waals surface area contributed by atoms with Crippen molar-refractivity contribution in [2.45, 2.75) is 57.6 Å². The number of aryl methyl sites for hydroxylation is 2. The lowest BCUT2D eigenvalue weighted by atomic mass is 9.92. The van der Waals surface area contributed by atoms with Gasteiger partial charge in [0.05, 0.1) is 11.8 Å². The topological polar surface area (TPSA) is 51.2 Å². The fourth-order valence-electron chi connectivity index (χ4n) is 3.35. The Labute approximate surface area is 158 Å². The number of hydrogen-bond acceptors (Lipinski definition) is 3. The molecular weight excluding hydrogens is 350 g/mol. The zero-order valence-corrected chi connectivity index (χ0v) is 15.4. The van der Waals surface area contributed by atoms with E-state index in [0.29, 0.717) is 12.0 Å². The van der Waals surface area contributed by atoms with Crippen molar-refractivity contribution in [2.24, 2.45) is 0 Å². The molecule has 3 rings (SSSR count). The highest BCUT2D eigenvalue weighted by Crippen LogP contribution is 2.25. The minimum absolute atomic E-state index is 0.0628. The van der Waals surface area contributed by atoms with Crippen molar-refractivity contribution in [3.05, 3.63) is 59.4 Å². The molecule has 2 aromatic rings. The van der Waals surface area contributed by atoms with Gasteiger partial charge in [0.2, 0.25) is 5.91 Å². The molecule has 1 N–H and O–H groups in total. The maximum absolute atomic E-state index is 13.2. The van der Waals surface area contributed by atoms with E-state index in [2.05, 4.69) is 10.3 Å². The Balaban J connectivity index is 1.40. The average Bonchev–Trinajstić information content (AvgIpc) is 2.66. The summed E-state index contributed by atoms with van der Waals surface area (Å²) in [4.78, 5) is 16.4.